The molecule has 2 aromatic rings. The Morgan fingerprint density at radius 2 is 1.91 bits per heavy atom. The minimum absolute atomic E-state index is 0. The number of ether oxygens (including phenoxy) is 1. The predicted octanol–water partition coefficient (Wildman–Crippen LogP) is 3.11. The van der Waals surface area contributed by atoms with E-state index in [0.29, 0.717) is 30.2 Å². The molecule has 2 aromatic carbocycles. The minimum Gasteiger partial charge on any atom is -0.489 e. The normalized spacial score (nSPS) is 14.1. The van der Waals surface area contributed by atoms with E-state index in [2.05, 4.69) is 49.5 Å². The van der Waals surface area contributed by atoms with Crippen LogP contribution in [0.1, 0.15) is 48.9 Å². The number of hydrogen-bond donors (Lipinski definition) is 3. The van der Waals surface area contributed by atoms with Gasteiger partial charge < -0.3 is 20.3 Å². The number of aliphatic hydroxyl groups excluding tert-OH is 1. The van der Waals surface area contributed by atoms with E-state index in [9.17, 15) is 15.2 Å². The Morgan fingerprint density at radius 3 is 2.52 bits per heavy atom. The average Bonchev–Trinajstić information content (AvgIpc) is 3.16. The van der Waals surface area contributed by atoms with Crippen molar-refractivity contribution in [2.45, 2.75) is 57.6 Å². The number of nitriles is 1. The molecule has 1 radical (unpaired) electrons. The number of rotatable bonds is 11. The average molecular weight is 460 g/mol. The van der Waals surface area contributed by atoms with Gasteiger partial charge in [0.1, 0.15) is 24.5 Å². The van der Waals surface area contributed by atoms with Crippen LogP contribution in [0, 0.1) is 17.2 Å². The van der Waals surface area contributed by atoms with Gasteiger partial charge in [-0.3, -0.25) is 4.79 Å². The van der Waals surface area contributed by atoms with Crippen LogP contribution in [0.3, 0.4) is 0 Å². The van der Waals surface area contributed by atoms with E-state index < -0.39 is 12.1 Å². The number of carbonyl (C=O) groups is 1. The Kier molecular flexibility index (Phi) is 10.4. The fourth-order valence-corrected chi connectivity index (χ4v) is 4.41. The Balaban J connectivity index is 0.00000385. The third-order valence-corrected chi connectivity index (χ3v) is 5.98. The van der Waals surface area contributed by atoms with E-state index in [4.69, 9.17) is 9.84 Å². The third-order valence-electron chi connectivity index (χ3n) is 5.98. The van der Waals surface area contributed by atoms with Crippen molar-refractivity contribution in [3.05, 3.63) is 64.7 Å². The Morgan fingerprint density at radius 1 is 1.24 bits per heavy atom. The smallest absolute Gasteiger partial charge is 0.303 e. The summed E-state index contributed by atoms with van der Waals surface area (Å²) in [4.78, 5) is 10.8. The van der Waals surface area contributed by atoms with Gasteiger partial charge in [-0.2, -0.15) is 5.26 Å². The Labute approximate surface area is 218 Å². The molecule has 0 heterocycles. The molecule has 3 rings (SSSR count). The number of carboxylic acids is 1. The van der Waals surface area contributed by atoms with Crippen LogP contribution in [0.2, 0.25) is 0 Å². The molecule has 1 aliphatic carbocycles. The van der Waals surface area contributed by atoms with Gasteiger partial charge in [-0.05, 0) is 74.3 Å². The number of β-amino-alcohol motifs (C(OH)–C–C–N with tert-alkyl or cyclic N) is 1. The number of fused-ring (bicyclic) bond motifs is 1. The van der Waals surface area contributed by atoms with Crippen LogP contribution in [-0.4, -0.2) is 70.5 Å². The van der Waals surface area contributed by atoms with Gasteiger partial charge in [0.05, 0.1) is 5.56 Å². The van der Waals surface area contributed by atoms with Gasteiger partial charge in [-0.1, -0.05) is 30.3 Å². The van der Waals surface area contributed by atoms with E-state index in [1.165, 1.54) is 11.1 Å². The van der Waals surface area contributed by atoms with Crippen molar-refractivity contribution in [1.29, 1.82) is 5.26 Å². The molecule has 1 aliphatic rings. The second kappa shape index (κ2) is 12.5. The monoisotopic (exact) mass is 459 g/mol. The Hall–Kier alpha value is -1.88. The van der Waals surface area contributed by atoms with Crippen LogP contribution in [0.25, 0.3) is 0 Å². The predicted molar refractivity (Wildman–Crippen MR) is 128 cm³/mol. The quantitative estimate of drug-likeness (QED) is 0.446. The summed E-state index contributed by atoms with van der Waals surface area (Å²) in [5.41, 5.74) is 3.92. The second-order valence-electron chi connectivity index (χ2n) is 9.31. The van der Waals surface area contributed by atoms with Crippen molar-refractivity contribution in [3.8, 4) is 11.8 Å². The van der Waals surface area contributed by atoms with Crippen molar-refractivity contribution in [2.75, 3.05) is 13.2 Å². The molecule has 0 saturated heterocycles. The summed E-state index contributed by atoms with van der Waals surface area (Å²) in [7, 11) is 0. The molecule has 0 bridgehead atoms. The van der Waals surface area contributed by atoms with Crippen LogP contribution in [0.5, 0.6) is 5.75 Å². The zero-order valence-corrected chi connectivity index (χ0v) is 21.8. The van der Waals surface area contributed by atoms with Crippen LogP contribution >= 0.6 is 0 Å². The van der Waals surface area contributed by atoms with Crippen molar-refractivity contribution in [3.63, 3.8) is 0 Å². The van der Waals surface area contributed by atoms with Gasteiger partial charge in [0.25, 0.3) is 0 Å². The van der Waals surface area contributed by atoms with Gasteiger partial charge in [0, 0.05) is 48.1 Å². The molecule has 171 valence electrons. The molecular formula is C26H32N2NaO4. The first-order valence-corrected chi connectivity index (χ1v) is 11.1. The molecular weight excluding hydrogens is 427 g/mol. The molecule has 6 nitrogen and oxygen atoms in total. The summed E-state index contributed by atoms with van der Waals surface area (Å²) in [5, 5.41) is 32.1. The molecule has 33 heavy (non-hydrogen) atoms. The van der Waals surface area contributed by atoms with Crippen LogP contribution in [0.15, 0.2) is 42.5 Å². The maximum atomic E-state index is 10.8. The summed E-state index contributed by atoms with van der Waals surface area (Å²) in [6.45, 7) is 4.74. The van der Waals surface area contributed by atoms with Crippen LogP contribution < -0.4 is 10.1 Å². The molecule has 0 fully saturated rings. The first kappa shape index (κ1) is 27.4. The van der Waals surface area contributed by atoms with Crippen LogP contribution in [-0.2, 0) is 24.1 Å². The van der Waals surface area contributed by atoms with E-state index in [1.54, 1.807) is 18.2 Å². The fourth-order valence-electron chi connectivity index (χ4n) is 4.41. The number of aryl methyl sites for hydroxylation is 1. The number of hydrogen-bond acceptors (Lipinski definition) is 5. The molecule has 7 heteroatoms. The van der Waals surface area contributed by atoms with Gasteiger partial charge in [0.15, 0.2) is 0 Å². The van der Waals surface area contributed by atoms with Crippen molar-refractivity contribution >= 4 is 35.5 Å². The zero-order valence-electron chi connectivity index (χ0n) is 19.8. The number of nitrogens with one attached hydrogen (secondary N) is 1. The van der Waals surface area contributed by atoms with Gasteiger partial charge in [-0.15, -0.1) is 0 Å². The van der Waals surface area contributed by atoms with E-state index in [1.807, 2.05) is 0 Å². The van der Waals surface area contributed by atoms with E-state index in [-0.39, 0.29) is 48.1 Å². The largest absolute Gasteiger partial charge is 0.489 e. The number of nitrogens with zero attached hydrogens (tertiary/aromatic N) is 1. The summed E-state index contributed by atoms with van der Waals surface area (Å²) in [6, 6.07) is 15.7. The second-order valence-corrected chi connectivity index (χ2v) is 9.31. The summed E-state index contributed by atoms with van der Waals surface area (Å²) in [6.07, 6.45) is 2.85. The molecule has 0 spiro atoms. The number of carboxylic acid groups (broad SMARTS) is 1. The molecule has 0 saturated carbocycles. The van der Waals surface area contributed by atoms with Crippen molar-refractivity contribution < 1.29 is 19.7 Å². The maximum absolute atomic E-state index is 10.8. The van der Waals surface area contributed by atoms with Gasteiger partial charge in [0.2, 0.25) is 0 Å². The molecule has 0 amide bonds. The standard InChI is InChI=1S/C26H32N2O4.Na/c1-26(2,14-19-11-20-5-3-4-6-21(20)12-19)28-16-23(29)17-32-24-13-18(8-10-25(30)31)7-9-22(24)15-27;/h3-7,9,13,19,23,28-29H,8,10-12,14,16-17H2,1-2H3,(H,30,31);/t23-;/m1./s1. The third kappa shape index (κ3) is 8.44. The first-order valence-electron chi connectivity index (χ1n) is 11.1. The van der Waals surface area contributed by atoms with Crippen molar-refractivity contribution in [1.82, 2.24) is 5.32 Å². The molecule has 0 unspecified atom stereocenters. The van der Waals surface area contributed by atoms with Crippen LogP contribution in [0.4, 0.5) is 0 Å². The maximum Gasteiger partial charge on any atom is 0.303 e. The first-order chi connectivity index (χ1) is 15.3. The SMILES string of the molecule is CC(C)(CC1Cc2ccccc2C1)NC[C@@H](O)COc1cc(CCC(=O)O)ccc1C#N.[Na]. The fraction of sp³-hybridized carbons (Fsp3) is 0.462. The van der Waals surface area contributed by atoms with E-state index >= 15 is 0 Å². The molecule has 0 aliphatic heterocycles. The van der Waals surface area contributed by atoms with E-state index in [0.717, 1.165) is 24.8 Å². The van der Waals surface area contributed by atoms with Gasteiger partial charge >= 0.3 is 5.97 Å². The van der Waals surface area contributed by atoms with Gasteiger partial charge in [-0.25, -0.2) is 0 Å². The number of aliphatic hydroxyl groups is 1. The summed E-state index contributed by atoms with van der Waals surface area (Å²) in [5.74, 6) is 0.0925. The summed E-state index contributed by atoms with van der Waals surface area (Å²) >= 11 is 0. The number of aliphatic carboxylic acids is 1. The number of benzene rings is 2. The topological polar surface area (TPSA) is 103 Å². The molecule has 1 atom stereocenters. The molecule has 3 N–H and O–H groups in total. The molecule has 0 aromatic heterocycles. The summed E-state index contributed by atoms with van der Waals surface area (Å²) < 4.78 is 5.72. The minimum atomic E-state index is -0.873. The zero-order chi connectivity index (χ0) is 23.1. The Bertz CT molecular complexity index is 961. The van der Waals surface area contributed by atoms with Crippen molar-refractivity contribution in [2.24, 2.45) is 5.92 Å².